The smallest absolute Gasteiger partial charge is 0.345 e. The number of hydrogen-bond acceptors (Lipinski definition) is 6. The van der Waals surface area contributed by atoms with Crippen molar-refractivity contribution in [2.45, 2.75) is 0 Å². The van der Waals surface area contributed by atoms with E-state index in [2.05, 4.69) is 31.4 Å². The van der Waals surface area contributed by atoms with E-state index in [-0.39, 0.29) is 0 Å². The molecule has 0 amide bonds. The second-order valence-electron chi connectivity index (χ2n) is 5.44. The third-order valence-electron chi connectivity index (χ3n) is 3.67. The predicted molar refractivity (Wildman–Crippen MR) is 109 cm³/mol. The maximum atomic E-state index is 12.2. The van der Waals surface area contributed by atoms with Gasteiger partial charge in [-0.15, -0.1) is 11.3 Å². The average Bonchev–Trinajstić information content (AvgIpc) is 3.11. The molecule has 0 aliphatic heterocycles. The maximum absolute atomic E-state index is 12.2. The largest absolute Gasteiger partial charge is 0.422 e. The number of anilines is 1. The lowest BCUT2D eigenvalue weighted by atomic mass is 10.1. The van der Waals surface area contributed by atoms with E-state index in [4.69, 9.17) is 4.42 Å². The van der Waals surface area contributed by atoms with Crippen LogP contribution < -0.4 is 11.1 Å². The van der Waals surface area contributed by atoms with Gasteiger partial charge in [0.2, 0.25) is 5.13 Å². The highest BCUT2D eigenvalue weighted by atomic mass is 79.9. The van der Waals surface area contributed by atoms with Crippen molar-refractivity contribution in [3.05, 3.63) is 80.4 Å². The van der Waals surface area contributed by atoms with Crippen molar-refractivity contribution in [2.75, 3.05) is 5.43 Å². The number of halogens is 1. The van der Waals surface area contributed by atoms with E-state index >= 15 is 0 Å². The molecule has 7 heteroatoms. The molecule has 4 rings (SSSR count). The molecule has 2 aromatic carbocycles. The summed E-state index contributed by atoms with van der Waals surface area (Å²) in [6, 6.07) is 17.0. The topological polar surface area (TPSA) is 67.5 Å². The van der Waals surface area contributed by atoms with E-state index in [9.17, 15) is 4.79 Å². The van der Waals surface area contributed by atoms with E-state index in [0.29, 0.717) is 22.0 Å². The molecule has 5 nitrogen and oxygen atoms in total. The number of fused-ring (bicyclic) bond motifs is 1. The summed E-state index contributed by atoms with van der Waals surface area (Å²) in [5.41, 5.74) is 5.01. The van der Waals surface area contributed by atoms with Gasteiger partial charge in [-0.05, 0) is 29.8 Å². The zero-order valence-electron chi connectivity index (χ0n) is 13.3. The molecule has 0 saturated heterocycles. The Hall–Kier alpha value is -2.77. The molecule has 0 aliphatic rings. The molecule has 0 spiro atoms. The van der Waals surface area contributed by atoms with Crippen LogP contribution in [0.3, 0.4) is 0 Å². The number of para-hydroxylation sites is 1. The first kappa shape index (κ1) is 16.7. The van der Waals surface area contributed by atoms with E-state index in [1.54, 1.807) is 23.7 Å². The molecule has 0 bridgehead atoms. The minimum absolute atomic E-state index is 0.404. The van der Waals surface area contributed by atoms with Crippen molar-refractivity contribution in [3.8, 4) is 11.3 Å². The molecule has 4 aromatic rings. The van der Waals surface area contributed by atoms with Gasteiger partial charge in [0.05, 0.1) is 17.5 Å². The van der Waals surface area contributed by atoms with Crippen LogP contribution in [-0.2, 0) is 0 Å². The Labute approximate surface area is 161 Å². The Bertz CT molecular complexity index is 1150. The van der Waals surface area contributed by atoms with Gasteiger partial charge in [0.25, 0.3) is 0 Å². The fraction of sp³-hybridized carbons (Fsp3) is 0. The van der Waals surface area contributed by atoms with Crippen LogP contribution in [0.5, 0.6) is 0 Å². The van der Waals surface area contributed by atoms with E-state index in [1.165, 1.54) is 11.3 Å². The van der Waals surface area contributed by atoms with Crippen LogP contribution in [0.15, 0.2) is 78.8 Å². The van der Waals surface area contributed by atoms with Crippen LogP contribution in [0, 0.1) is 0 Å². The standard InChI is InChI=1S/C19H12BrN3O2S/c20-14-7-5-12(6-8-14)10-21-23-19-22-16(11-26-19)15-9-13-3-1-2-4-17(13)25-18(15)24/h1-11H,(H,22,23)/b21-10-. The van der Waals surface area contributed by atoms with Crippen molar-refractivity contribution in [3.63, 3.8) is 0 Å². The monoisotopic (exact) mass is 425 g/mol. The van der Waals surface area contributed by atoms with Gasteiger partial charge < -0.3 is 4.42 Å². The molecular weight excluding hydrogens is 414 g/mol. The highest BCUT2D eigenvalue weighted by Crippen LogP contribution is 2.25. The second-order valence-corrected chi connectivity index (χ2v) is 7.22. The molecule has 0 unspecified atom stereocenters. The fourth-order valence-corrected chi connectivity index (χ4v) is 3.32. The first-order valence-electron chi connectivity index (χ1n) is 7.72. The van der Waals surface area contributed by atoms with Gasteiger partial charge in [-0.2, -0.15) is 5.10 Å². The Kier molecular flexibility index (Phi) is 4.64. The summed E-state index contributed by atoms with van der Waals surface area (Å²) in [4.78, 5) is 16.6. The normalized spacial score (nSPS) is 11.3. The van der Waals surface area contributed by atoms with Crippen LogP contribution in [0.4, 0.5) is 5.13 Å². The maximum Gasteiger partial charge on any atom is 0.345 e. The number of benzene rings is 2. The summed E-state index contributed by atoms with van der Waals surface area (Å²) >= 11 is 4.77. The van der Waals surface area contributed by atoms with Crippen LogP contribution in [0.1, 0.15) is 5.56 Å². The molecule has 0 saturated carbocycles. The van der Waals surface area contributed by atoms with E-state index < -0.39 is 5.63 Å². The van der Waals surface area contributed by atoms with Crippen molar-refractivity contribution in [1.82, 2.24) is 4.98 Å². The molecule has 2 heterocycles. The van der Waals surface area contributed by atoms with Gasteiger partial charge in [0.1, 0.15) is 5.58 Å². The van der Waals surface area contributed by atoms with Gasteiger partial charge in [-0.25, -0.2) is 9.78 Å². The number of nitrogens with one attached hydrogen (secondary N) is 1. The van der Waals surface area contributed by atoms with Crippen LogP contribution >= 0.6 is 27.3 Å². The third kappa shape index (κ3) is 3.58. The molecule has 2 aromatic heterocycles. The fourth-order valence-electron chi connectivity index (χ4n) is 2.40. The Morgan fingerprint density at radius 3 is 2.81 bits per heavy atom. The molecule has 0 fully saturated rings. The van der Waals surface area contributed by atoms with Crippen LogP contribution in [0.25, 0.3) is 22.2 Å². The summed E-state index contributed by atoms with van der Waals surface area (Å²) in [5, 5.41) is 7.44. The first-order valence-corrected chi connectivity index (χ1v) is 9.40. The first-order chi connectivity index (χ1) is 12.7. The van der Waals surface area contributed by atoms with E-state index in [0.717, 1.165) is 15.4 Å². The lowest BCUT2D eigenvalue weighted by molar-refractivity contribution is 0.563. The Morgan fingerprint density at radius 2 is 1.96 bits per heavy atom. The zero-order valence-corrected chi connectivity index (χ0v) is 15.8. The van der Waals surface area contributed by atoms with Crippen LogP contribution in [0.2, 0.25) is 0 Å². The summed E-state index contributed by atoms with van der Waals surface area (Å²) in [5.74, 6) is 0. The van der Waals surface area contributed by atoms with Crippen molar-refractivity contribution in [1.29, 1.82) is 0 Å². The van der Waals surface area contributed by atoms with Crippen molar-refractivity contribution >= 4 is 49.6 Å². The highest BCUT2D eigenvalue weighted by Gasteiger charge is 2.11. The minimum atomic E-state index is -0.404. The highest BCUT2D eigenvalue weighted by molar-refractivity contribution is 9.10. The zero-order chi connectivity index (χ0) is 17.9. The summed E-state index contributed by atoms with van der Waals surface area (Å²) < 4.78 is 6.38. The number of aromatic nitrogens is 1. The van der Waals surface area contributed by atoms with Crippen molar-refractivity contribution in [2.24, 2.45) is 5.10 Å². The molecule has 0 aliphatic carbocycles. The molecule has 128 valence electrons. The third-order valence-corrected chi connectivity index (χ3v) is 4.94. The summed E-state index contributed by atoms with van der Waals surface area (Å²) in [6.45, 7) is 0. The number of nitrogens with zero attached hydrogens (tertiary/aromatic N) is 2. The average molecular weight is 426 g/mol. The van der Waals surface area contributed by atoms with Gasteiger partial charge in [0.15, 0.2) is 0 Å². The van der Waals surface area contributed by atoms with Crippen LogP contribution in [-0.4, -0.2) is 11.2 Å². The van der Waals surface area contributed by atoms with Gasteiger partial charge in [-0.3, -0.25) is 5.43 Å². The molecule has 26 heavy (non-hydrogen) atoms. The summed E-state index contributed by atoms with van der Waals surface area (Å²) in [7, 11) is 0. The minimum Gasteiger partial charge on any atom is -0.422 e. The Balaban J connectivity index is 1.55. The molecule has 0 radical (unpaired) electrons. The van der Waals surface area contributed by atoms with Gasteiger partial charge >= 0.3 is 5.63 Å². The van der Waals surface area contributed by atoms with Gasteiger partial charge in [0, 0.05) is 15.2 Å². The molecule has 0 atom stereocenters. The SMILES string of the molecule is O=c1oc2ccccc2cc1-c1csc(N/N=C\c2ccc(Br)cc2)n1. The predicted octanol–water partition coefficient (Wildman–Crippen LogP) is 5.13. The Morgan fingerprint density at radius 1 is 1.15 bits per heavy atom. The number of rotatable bonds is 4. The second kappa shape index (κ2) is 7.23. The number of thiazole rings is 1. The summed E-state index contributed by atoms with van der Waals surface area (Å²) in [6.07, 6.45) is 1.71. The van der Waals surface area contributed by atoms with E-state index in [1.807, 2.05) is 42.5 Å². The lowest BCUT2D eigenvalue weighted by Gasteiger charge is -1.99. The van der Waals surface area contributed by atoms with Gasteiger partial charge in [-0.1, -0.05) is 46.3 Å². The number of hydrogen-bond donors (Lipinski definition) is 1. The lowest BCUT2D eigenvalue weighted by Crippen LogP contribution is -2.02. The molecular formula is C19H12BrN3O2S. The van der Waals surface area contributed by atoms with Crippen molar-refractivity contribution < 1.29 is 4.42 Å². The number of hydrazone groups is 1. The molecule has 1 N–H and O–H groups in total. The quantitative estimate of drug-likeness (QED) is 0.279.